The van der Waals surface area contributed by atoms with Gasteiger partial charge in [0.05, 0.1) is 0 Å². The maximum absolute atomic E-state index is 3.08. The van der Waals surface area contributed by atoms with Crippen LogP contribution in [0.5, 0.6) is 0 Å². The molecule has 0 unspecified atom stereocenters. The van der Waals surface area contributed by atoms with Gasteiger partial charge in [-0.2, -0.15) is 0 Å². The van der Waals surface area contributed by atoms with Crippen molar-refractivity contribution in [3.05, 3.63) is 24.0 Å². The van der Waals surface area contributed by atoms with Crippen LogP contribution in [0, 0.1) is 6.07 Å². The van der Waals surface area contributed by atoms with E-state index in [9.17, 15) is 0 Å². The van der Waals surface area contributed by atoms with Crippen molar-refractivity contribution in [1.29, 1.82) is 0 Å². The third kappa shape index (κ3) is 0.915. The molecule has 1 aromatic rings. The quantitative estimate of drug-likeness (QED) is 0.565. The minimum absolute atomic E-state index is 0.598. The second-order valence-corrected chi connectivity index (χ2v) is 2.21. The Morgan fingerprint density at radius 1 is 1.62 bits per heavy atom. The van der Waals surface area contributed by atoms with Gasteiger partial charge >= 0.3 is 0 Å². The molecule has 0 aromatic carbocycles. The molecule has 0 aliphatic rings. The average Bonchev–Trinajstić information content (AvgIpc) is 2.12. The van der Waals surface area contributed by atoms with Gasteiger partial charge in [-0.05, 0) is 12.0 Å². The highest BCUT2D eigenvalue weighted by molar-refractivity contribution is 5.05. The highest BCUT2D eigenvalue weighted by Crippen LogP contribution is 2.08. The molecule has 0 fully saturated rings. The largest absolute Gasteiger partial charge is 0.364 e. The van der Waals surface area contributed by atoms with E-state index in [4.69, 9.17) is 0 Å². The van der Waals surface area contributed by atoms with Crippen molar-refractivity contribution in [2.45, 2.75) is 19.8 Å². The van der Waals surface area contributed by atoms with Crippen LogP contribution in [-0.2, 0) is 0 Å². The zero-order valence-corrected chi connectivity index (χ0v) is 5.23. The topological polar surface area (TPSA) is 15.8 Å². The Labute approximate surface area is 49.7 Å². The van der Waals surface area contributed by atoms with E-state index in [-0.39, 0.29) is 0 Å². The van der Waals surface area contributed by atoms with E-state index in [1.54, 1.807) is 0 Å². The third-order valence-corrected chi connectivity index (χ3v) is 1.18. The molecule has 1 rings (SSSR count). The predicted octanol–water partition coefficient (Wildman–Crippen LogP) is 1.94. The lowest BCUT2D eigenvalue weighted by atomic mass is 10.1. The van der Waals surface area contributed by atoms with E-state index >= 15 is 0 Å². The Hall–Kier alpha value is -0.720. The smallest absolute Gasteiger partial charge is 0.0179 e. The molecule has 1 heteroatoms. The Kier molecular flexibility index (Phi) is 1.38. The summed E-state index contributed by atoms with van der Waals surface area (Å²) >= 11 is 0. The summed E-state index contributed by atoms with van der Waals surface area (Å²) in [4.78, 5) is 3.08. The second kappa shape index (κ2) is 2.03. The number of aromatic nitrogens is 1. The molecule has 0 spiro atoms. The van der Waals surface area contributed by atoms with Crippen LogP contribution in [0.15, 0.2) is 12.3 Å². The summed E-state index contributed by atoms with van der Waals surface area (Å²) in [5.41, 5.74) is 1.25. The Morgan fingerprint density at radius 2 is 2.38 bits per heavy atom. The molecule has 0 bridgehead atoms. The van der Waals surface area contributed by atoms with E-state index in [0.717, 1.165) is 0 Å². The van der Waals surface area contributed by atoms with Gasteiger partial charge in [0.2, 0.25) is 0 Å². The molecular formula is C7H10N. The second-order valence-electron chi connectivity index (χ2n) is 2.21. The van der Waals surface area contributed by atoms with E-state index in [1.807, 2.05) is 12.3 Å². The third-order valence-electron chi connectivity index (χ3n) is 1.18. The van der Waals surface area contributed by atoms with E-state index in [2.05, 4.69) is 24.9 Å². The average molecular weight is 108 g/mol. The fourth-order valence-corrected chi connectivity index (χ4v) is 0.631. The molecule has 8 heavy (non-hydrogen) atoms. The normalized spacial score (nSPS) is 10.4. The lowest BCUT2D eigenvalue weighted by Gasteiger charge is -1.96. The van der Waals surface area contributed by atoms with Crippen molar-refractivity contribution in [1.82, 2.24) is 4.98 Å². The molecule has 1 aromatic heterocycles. The molecule has 43 valence electrons. The summed E-state index contributed by atoms with van der Waals surface area (Å²) in [6.07, 6.45) is 1.83. The number of aromatic amines is 1. The molecule has 1 N–H and O–H groups in total. The van der Waals surface area contributed by atoms with Crippen LogP contribution in [0.3, 0.4) is 0 Å². The lowest BCUT2D eigenvalue weighted by Crippen LogP contribution is -1.83. The maximum atomic E-state index is 3.08. The van der Waals surface area contributed by atoms with Crippen molar-refractivity contribution in [3.63, 3.8) is 0 Å². The monoisotopic (exact) mass is 108 g/mol. The Balaban J connectivity index is 2.77. The predicted molar refractivity (Wildman–Crippen MR) is 33.7 cm³/mol. The molecule has 1 nitrogen and oxygen atoms in total. The van der Waals surface area contributed by atoms with E-state index < -0.39 is 0 Å². The van der Waals surface area contributed by atoms with Crippen LogP contribution in [0.2, 0.25) is 0 Å². The van der Waals surface area contributed by atoms with Gasteiger partial charge in [-0.3, -0.25) is 0 Å². The highest BCUT2D eigenvalue weighted by Gasteiger charge is 1.95. The molecule has 0 atom stereocenters. The number of hydrogen-bond acceptors (Lipinski definition) is 0. The zero-order chi connectivity index (χ0) is 5.98. The Morgan fingerprint density at radius 3 is 2.62 bits per heavy atom. The molecular weight excluding hydrogens is 98.1 g/mol. The van der Waals surface area contributed by atoms with Crippen molar-refractivity contribution >= 4 is 0 Å². The van der Waals surface area contributed by atoms with E-state index in [0.29, 0.717) is 5.92 Å². The molecule has 1 heterocycles. The fourth-order valence-electron chi connectivity index (χ4n) is 0.631. The number of rotatable bonds is 1. The van der Waals surface area contributed by atoms with E-state index in [1.165, 1.54) is 5.69 Å². The summed E-state index contributed by atoms with van der Waals surface area (Å²) < 4.78 is 0. The van der Waals surface area contributed by atoms with Crippen LogP contribution in [0.1, 0.15) is 25.5 Å². The van der Waals surface area contributed by atoms with Crippen molar-refractivity contribution in [2.75, 3.05) is 0 Å². The summed E-state index contributed by atoms with van der Waals surface area (Å²) in [5, 5.41) is 0. The van der Waals surface area contributed by atoms with Crippen molar-refractivity contribution in [2.24, 2.45) is 0 Å². The van der Waals surface area contributed by atoms with Crippen LogP contribution < -0.4 is 0 Å². The molecule has 1 radical (unpaired) electrons. The number of nitrogens with one attached hydrogen (secondary N) is 1. The first-order chi connectivity index (χ1) is 3.80. The van der Waals surface area contributed by atoms with Crippen LogP contribution >= 0.6 is 0 Å². The summed E-state index contributed by atoms with van der Waals surface area (Å²) in [7, 11) is 0. The van der Waals surface area contributed by atoms with Gasteiger partial charge < -0.3 is 4.98 Å². The highest BCUT2D eigenvalue weighted by atomic mass is 14.7. The van der Waals surface area contributed by atoms with Gasteiger partial charge in [0.1, 0.15) is 0 Å². The molecule has 0 aliphatic carbocycles. The summed E-state index contributed by atoms with van der Waals surface area (Å²) in [5.74, 6) is 0.598. The van der Waals surface area contributed by atoms with Gasteiger partial charge in [0, 0.05) is 18.0 Å². The number of hydrogen-bond donors (Lipinski definition) is 1. The van der Waals surface area contributed by atoms with Gasteiger partial charge in [0.25, 0.3) is 0 Å². The standard InChI is InChI=1S/C7H10N/c1-6(2)7-4-3-5-8-7/h4-6,8H,1-2H3. The molecule has 0 saturated carbocycles. The fraction of sp³-hybridized carbons (Fsp3) is 0.429. The molecule has 0 saturated heterocycles. The minimum atomic E-state index is 0.598. The maximum Gasteiger partial charge on any atom is 0.0179 e. The van der Waals surface area contributed by atoms with Crippen molar-refractivity contribution in [3.8, 4) is 0 Å². The first-order valence-corrected chi connectivity index (χ1v) is 2.85. The molecule has 0 amide bonds. The SMILES string of the molecule is CC(C)c1c[c]c[nH]1. The minimum Gasteiger partial charge on any atom is -0.364 e. The van der Waals surface area contributed by atoms with Crippen LogP contribution in [-0.4, -0.2) is 4.98 Å². The van der Waals surface area contributed by atoms with Crippen molar-refractivity contribution < 1.29 is 0 Å². The molecule has 0 aliphatic heterocycles. The first-order valence-electron chi connectivity index (χ1n) is 2.85. The van der Waals surface area contributed by atoms with Gasteiger partial charge in [-0.1, -0.05) is 13.8 Å². The summed E-state index contributed by atoms with van der Waals surface area (Å²) in [6, 6.07) is 4.93. The number of H-pyrrole nitrogens is 1. The lowest BCUT2D eigenvalue weighted by molar-refractivity contribution is 0.833. The van der Waals surface area contributed by atoms with Gasteiger partial charge in [-0.15, -0.1) is 0 Å². The van der Waals surface area contributed by atoms with Gasteiger partial charge in [0.15, 0.2) is 0 Å². The Bertz CT molecular complexity index is 139. The first kappa shape index (κ1) is 5.42. The summed E-state index contributed by atoms with van der Waals surface area (Å²) in [6.45, 7) is 4.30. The van der Waals surface area contributed by atoms with Crippen LogP contribution in [0.4, 0.5) is 0 Å². The zero-order valence-electron chi connectivity index (χ0n) is 5.23. The van der Waals surface area contributed by atoms with Gasteiger partial charge in [-0.25, -0.2) is 0 Å². The van der Waals surface area contributed by atoms with Crippen LogP contribution in [0.25, 0.3) is 0 Å².